The summed E-state index contributed by atoms with van der Waals surface area (Å²) in [6.45, 7) is 0. The van der Waals surface area contributed by atoms with Gasteiger partial charge in [-0.1, -0.05) is 0 Å². The standard InChI is InChI=1S/CHF3O3S.4BF4.2Cu/c2-1(3,4)8(5,6)7;4*2-1(3,4)5;;/h(H,5,6,7);;;;;;/q;4*-1;2*+2. The first-order valence-corrected chi connectivity index (χ1v) is 6.22. The Labute approximate surface area is 174 Å². The number of alkyl halides is 3. The molecule has 2 radical (unpaired) electrons. The predicted octanol–water partition coefficient (Wildman–Crippen LogP) is 5.59. The molecule has 0 spiro atoms. The Kier molecular flexibility index (Phi) is 27.7. The molecule has 0 aromatic rings. The van der Waals surface area contributed by atoms with Gasteiger partial charge in [-0.2, -0.15) is 21.6 Å². The van der Waals surface area contributed by atoms with Crippen LogP contribution >= 0.6 is 0 Å². The molecule has 0 fully saturated rings. The molecule has 0 atom stereocenters. The van der Waals surface area contributed by atoms with E-state index in [0.717, 1.165) is 0 Å². The maximum atomic E-state index is 10.7. The van der Waals surface area contributed by atoms with Crippen molar-refractivity contribution in [2.75, 3.05) is 0 Å². The van der Waals surface area contributed by atoms with Crippen LogP contribution in [0.25, 0.3) is 0 Å². The SMILES string of the molecule is F[B-](F)(F)F.F[B-](F)(F)F.F[B-](F)(F)F.F[B-](F)(F)F.O=S(=O)(O)C(F)(F)F.[Cu+2].[Cu+2]. The molecular formula is CHB4Cu2F19O3S. The van der Waals surface area contributed by atoms with Crippen molar-refractivity contribution in [3.63, 3.8) is 0 Å². The van der Waals surface area contributed by atoms with Crippen LogP contribution < -0.4 is 0 Å². The normalized spacial score (nSPS) is 11.7. The second kappa shape index (κ2) is 17.4. The van der Waals surface area contributed by atoms with E-state index in [9.17, 15) is 82.2 Å². The van der Waals surface area contributed by atoms with Gasteiger partial charge in [0.2, 0.25) is 0 Å². The first-order valence-electron chi connectivity index (χ1n) is 4.78. The van der Waals surface area contributed by atoms with Crippen LogP contribution in [0, 0.1) is 0 Å². The molecule has 0 heterocycles. The predicted molar refractivity (Wildman–Crippen MR) is 58.3 cm³/mol. The maximum Gasteiger partial charge on any atom is 2.00 e. The summed E-state index contributed by atoms with van der Waals surface area (Å²) in [6.07, 6.45) is 0. The summed E-state index contributed by atoms with van der Waals surface area (Å²) in [5, 5.41) is 0. The van der Waals surface area contributed by atoms with E-state index in [1.807, 2.05) is 0 Å². The average Bonchev–Trinajstić information content (AvgIpc) is 1.99. The van der Waals surface area contributed by atoms with Crippen molar-refractivity contribution >= 4 is 39.1 Å². The molecule has 196 valence electrons. The van der Waals surface area contributed by atoms with E-state index in [0.29, 0.717) is 0 Å². The van der Waals surface area contributed by atoms with Crippen LogP contribution in [0.4, 0.5) is 82.2 Å². The van der Waals surface area contributed by atoms with Gasteiger partial charge in [0, 0.05) is 0 Å². The third-order valence-corrected chi connectivity index (χ3v) is 0.877. The number of rotatable bonds is 0. The van der Waals surface area contributed by atoms with Crippen LogP contribution in [0.2, 0.25) is 0 Å². The van der Waals surface area contributed by atoms with E-state index in [4.69, 9.17) is 13.0 Å². The van der Waals surface area contributed by atoms with Gasteiger partial charge in [0.1, 0.15) is 0 Å². The van der Waals surface area contributed by atoms with Crippen molar-refractivity contribution in [2.45, 2.75) is 5.51 Å². The van der Waals surface area contributed by atoms with Gasteiger partial charge in [-0.3, -0.25) is 4.55 Å². The Bertz CT molecular complexity index is 400. The Hall–Kier alpha value is -0.121. The smallest absolute Gasteiger partial charge is 0.418 e. The molecule has 0 rings (SSSR count). The van der Waals surface area contributed by atoms with Crippen molar-refractivity contribution in [2.24, 2.45) is 0 Å². The first kappa shape index (κ1) is 47.6. The van der Waals surface area contributed by atoms with E-state index < -0.39 is 44.6 Å². The van der Waals surface area contributed by atoms with Crippen LogP contribution in [0.3, 0.4) is 0 Å². The summed E-state index contributed by atoms with van der Waals surface area (Å²) in [5.41, 5.74) is -5.53. The molecule has 30 heavy (non-hydrogen) atoms. The molecule has 0 aliphatic carbocycles. The minimum Gasteiger partial charge on any atom is -0.418 e. The van der Waals surface area contributed by atoms with Crippen LogP contribution in [0.15, 0.2) is 0 Å². The minimum absolute atomic E-state index is 0. The molecule has 1 N–H and O–H groups in total. The summed E-state index contributed by atoms with van der Waals surface area (Å²) < 4.78 is 214. The second-order valence-corrected chi connectivity index (χ2v) is 4.31. The van der Waals surface area contributed by atoms with Crippen LogP contribution in [-0.2, 0) is 44.3 Å². The molecule has 0 saturated carbocycles. The molecule has 0 aliphatic heterocycles. The Morgan fingerprint density at radius 3 is 0.500 bits per heavy atom. The third kappa shape index (κ3) is 255. The van der Waals surface area contributed by atoms with E-state index in [2.05, 4.69) is 0 Å². The summed E-state index contributed by atoms with van der Waals surface area (Å²) in [5.74, 6) is 0. The van der Waals surface area contributed by atoms with E-state index in [1.165, 1.54) is 0 Å². The Balaban J connectivity index is -0.0000000441. The summed E-state index contributed by atoms with van der Waals surface area (Å²) in [4.78, 5) is 0. The first-order chi connectivity index (χ1) is 11.2. The molecule has 0 aliphatic rings. The molecule has 3 nitrogen and oxygen atoms in total. The third-order valence-electron chi connectivity index (χ3n) is 0.292. The fourth-order valence-electron chi connectivity index (χ4n) is 0. The van der Waals surface area contributed by atoms with Gasteiger partial charge in [-0.05, 0) is 0 Å². The zero-order chi connectivity index (χ0) is 25.0. The molecule has 0 unspecified atom stereocenters. The van der Waals surface area contributed by atoms with Gasteiger partial charge < -0.3 is 69.1 Å². The van der Waals surface area contributed by atoms with Crippen molar-refractivity contribution < 1.29 is 129 Å². The number of hydrogen-bond donors (Lipinski definition) is 1. The molecule has 29 heteroatoms. The monoisotopic (exact) mass is 624 g/mol. The molecule has 0 saturated heterocycles. The quantitative estimate of drug-likeness (QED) is 0.166. The zero-order valence-corrected chi connectivity index (χ0v) is 15.0. The maximum absolute atomic E-state index is 10.7. The molecule has 0 aromatic heterocycles. The average molecular weight is 624 g/mol. The largest absolute Gasteiger partial charge is 2.00 e. The number of hydrogen-bond acceptors (Lipinski definition) is 2. The van der Waals surface area contributed by atoms with Crippen molar-refractivity contribution in [1.29, 1.82) is 0 Å². The van der Waals surface area contributed by atoms with Crippen molar-refractivity contribution in [3.8, 4) is 0 Å². The van der Waals surface area contributed by atoms with E-state index in [1.54, 1.807) is 0 Å². The number of halogens is 19. The van der Waals surface area contributed by atoms with Gasteiger partial charge >= 0.3 is 78.8 Å². The summed E-state index contributed by atoms with van der Waals surface area (Å²) in [7, 11) is -29.8. The summed E-state index contributed by atoms with van der Waals surface area (Å²) in [6, 6.07) is 0. The van der Waals surface area contributed by atoms with E-state index >= 15 is 0 Å². The minimum atomic E-state index is -6.00. The van der Waals surface area contributed by atoms with E-state index in [-0.39, 0.29) is 34.1 Å². The molecule has 0 bridgehead atoms. The molecular weight excluding hydrogens is 623 g/mol. The van der Waals surface area contributed by atoms with Crippen LogP contribution in [0.1, 0.15) is 0 Å². The second-order valence-electron chi connectivity index (χ2n) is 2.90. The Morgan fingerprint density at radius 2 is 0.500 bits per heavy atom. The van der Waals surface area contributed by atoms with Crippen molar-refractivity contribution in [3.05, 3.63) is 0 Å². The van der Waals surface area contributed by atoms with Crippen LogP contribution in [0.5, 0.6) is 0 Å². The van der Waals surface area contributed by atoms with Crippen LogP contribution in [-0.4, -0.2) is 47.5 Å². The van der Waals surface area contributed by atoms with Gasteiger partial charge in [-0.15, -0.1) is 0 Å². The Morgan fingerprint density at radius 1 is 0.467 bits per heavy atom. The fraction of sp³-hybridized carbons (Fsp3) is 1.00. The molecule has 0 amide bonds. The fourth-order valence-corrected chi connectivity index (χ4v) is 0. The van der Waals surface area contributed by atoms with Gasteiger partial charge in [0.05, 0.1) is 0 Å². The summed E-state index contributed by atoms with van der Waals surface area (Å²) >= 11 is 0. The molecule has 0 aromatic carbocycles. The topological polar surface area (TPSA) is 54.4 Å². The van der Waals surface area contributed by atoms with Gasteiger partial charge in [0.15, 0.2) is 0 Å². The van der Waals surface area contributed by atoms with Gasteiger partial charge in [0.25, 0.3) is 0 Å². The van der Waals surface area contributed by atoms with Gasteiger partial charge in [-0.25, -0.2) is 0 Å². The zero-order valence-electron chi connectivity index (χ0n) is 12.3. The van der Waals surface area contributed by atoms with Crippen molar-refractivity contribution in [1.82, 2.24) is 0 Å².